The Kier molecular flexibility index (Phi) is 5.75. The van der Waals surface area contributed by atoms with Gasteiger partial charge in [0.05, 0.1) is 0 Å². The van der Waals surface area contributed by atoms with Gasteiger partial charge in [0.15, 0.2) is 0 Å². The van der Waals surface area contributed by atoms with Crippen molar-refractivity contribution in [3.05, 3.63) is 18.6 Å². The minimum atomic E-state index is -3.37. The van der Waals surface area contributed by atoms with Crippen molar-refractivity contribution in [2.24, 2.45) is 0 Å². The SMILES string of the molecule is Nc1ccncn1.O=C(OF)C(F)F. The number of nitrogens with zero attached hydrogens (tertiary/aromatic N) is 2. The zero-order valence-corrected chi connectivity index (χ0v) is 6.73. The molecule has 78 valence electrons. The van der Waals surface area contributed by atoms with E-state index in [-0.39, 0.29) is 0 Å². The number of hydrogen-bond donors (Lipinski definition) is 1. The van der Waals surface area contributed by atoms with Gasteiger partial charge >= 0.3 is 12.4 Å². The van der Waals surface area contributed by atoms with Gasteiger partial charge in [-0.1, -0.05) is 0 Å². The van der Waals surface area contributed by atoms with E-state index in [0.717, 1.165) is 0 Å². The molecular weight excluding hydrogens is 203 g/mol. The Morgan fingerprint density at radius 3 is 2.36 bits per heavy atom. The van der Waals surface area contributed by atoms with Crippen molar-refractivity contribution < 1.29 is 23.0 Å². The highest BCUT2D eigenvalue weighted by molar-refractivity contribution is 5.71. The lowest BCUT2D eigenvalue weighted by molar-refractivity contribution is -0.196. The van der Waals surface area contributed by atoms with Gasteiger partial charge in [-0.2, -0.15) is 8.78 Å². The third-order valence-electron chi connectivity index (χ3n) is 0.859. The van der Waals surface area contributed by atoms with E-state index in [0.29, 0.717) is 5.82 Å². The summed E-state index contributed by atoms with van der Waals surface area (Å²) in [6.45, 7) is 0. The summed E-state index contributed by atoms with van der Waals surface area (Å²) >= 11 is 0. The molecule has 14 heavy (non-hydrogen) atoms. The van der Waals surface area contributed by atoms with Crippen LogP contribution in [0.4, 0.5) is 19.1 Å². The smallest absolute Gasteiger partial charge is 0.384 e. The summed E-state index contributed by atoms with van der Waals surface area (Å²) in [4.78, 5) is 18.6. The Hall–Kier alpha value is -1.86. The fourth-order valence-corrected chi connectivity index (χ4v) is 0.335. The molecule has 0 aliphatic heterocycles. The summed E-state index contributed by atoms with van der Waals surface area (Å²) in [5, 5.41) is 0. The Morgan fingerprint density at radius 2 is 2.21 bits per heavy atom. The molecule has 0 saturated heterocycles. The van der Waals surface area contributed by atoms with E-state index in [1.165, 1.54) is 6.33 Å². The van der Waals surface area contributed by atoms with Crippen LogP contribution in [-0.2, 0) is 9.74 Å². The van der Waals surface area contributed by atoms with Gasteiger partial charge in [0.2, 0.25) is 0 Å². The lowest BCUT2D eigenvalue weighted by atomic mass is 10.6. The van der Waals surface area contributed by atoms with Crippen LogP contribution in [0, 0.1) is 0 Å². The molecule has 0 spiro atoms. The number of nitrogen functional groups attached to an aromatic ring is 1. The molecule has 8 heteroatoms. The largest absolute Gasteiger partial charge is 0.414 e. The summed E-state index contributed by atoms with van der Waals surface area (Å²) in [5.74, 6) is -1.64. The molecule has 5 nitrogen and oxygen atoms in total. The molecule has 1 aromatic rings. The highest BCUT2D eigenvalue weighted by Crippen LogP contribution is 1.94. The second kappa shape index (κ2) is 6.63. The van der Waals surface area contributed by atoms with Gasteiger partial charge in [-0.05, 0) is 6.07 Å². The average Bonchev–Trinajstić information content (AvgIpc) is 2.18. The Bertz CT molecular complexity index is 270. The number of carbonyl (C=O) groups excluding carboxylic acids is 1. The molecule has 0 aliphatic rings. The average molecular weight is 209 g/mol. The number of anilines is 1. The second-order valence-electron chi connectivity index (χ2n) is 1.83. The fourth-order valence-electron chi connectivity index (χ4n) is 0.335. The highest BCUT2D eigenvalue weighted by atomic mass is 19.3. The number of nitrogens with two attached hydrogens (primary N) is 1. The number of alkyl halides is 2. The van der Waals surface area contributed by atoms with Gasteiger partial charge in [0.25, 0.3) is 0 Å². The van der Waals surface area contributed by atoms with Crippen LogP contribution in [-0.4, -0.2) is 22.4 Å². The molecule has 0 fully saturated rings. The maximum absolute atomic E-state index is 10.7. The van der Waals surface area contributed by atoms with E-state index < -0.39 is 12.4 Å². The molecule has 1 aromatic heterocycles. The van der Waals surface area contributed by atoms with Crippen LogP contribution in [0.3, 0.4) is 0 Å². The number of aromatic nitrogens is 2. The quantitative estimate of drug-likeness (QED) is 0.737. The monoisotopic (exact) mass is 209 g/mol. The Labute approximate surface area is 76.6 Å². The van der Waals surface area contributed by atoms with Gasteiger partial charge in [-0.15, -0.1) is 0 Å². The third-order valence-corrected chi connectivity index (χ3v) is 0.859. The van der Waals surface area contributed by atoms with E-state index in [9.17, 15) is 13.3 Å². The van der Waals surface area contributed by atoms with Crippen LogP contribution in [0.5, 0.6) is 0 Å². The van der Waals surface area contributed by atoms with Crippen molar-refractivity contribution in [3.8, 4) is 0 Å². The molecule has 0 saturated carbocycles. The molecule has 0 atom stereocenters. The molecule has 0 aliphatic carbocycles. The van der Waals surface area contributed by atoms with Crippen LogP contribution in [0.2, 0.25) is 0 Å². The van der Waals surface area contributed by atoms with Crippen LogP contribution < -0.4 is 5.73 Å². The van der Waals surface area contributed by atoms with Crippen molar-refractivity contribution in [3.63, 3.8) is 0 Å². The molecule has 0 amide bonds. The van der Waals surface area contributed by atoms with Gasteiger partial charge in [-0.3, -0.25) is 0 Å². The van der Waals surface area contributed by atoms with Crippen LogP contribution in [0.25, 0.3) is 0 Å². The number of rotatable bonds is 1. The van der Waals surface area contributed by atoms with Crippen LogP contribution in [0.15, 0.2) is 18.6 Å². The van der Waals surface area contributed by atoms with Crippen molar-refractivity contribution >= 4 is 11.8 Å². The van der Waals surface area contributed by atoms with E-state index in [1.54, 1.807) is 12.3 Å². The van der Waals surface area contributed by atoms with Crippen molar-refractivity contribution in [2.45, 2.75) is 6.43 Å². The van der Waals surface area contributed by atoms with Crippen molar-refractivity contribution in [1.29, 1.82) is 0 Å². The van der Waals surface area contributed by atoms with Crippen LogP contribution >= 0.6 is 0 Å². The van der Waals surface area contributed by atoms with E-state index in [4.69, 9.17) is 10.5 Å². The normalized spacial score (nSPS) is 8.86. The summed E-state index contributed by atoms with van der Waals surface area (Å²) in [5.41, 5.74) is 5.21. The van der Waals surface area contributed by atoms with E-state index in [1.807, 2.05) is 0 Å². The predicted octanol–water partition coefficient (Wildman–Crippen LogP) is 0.738. The van der Waals surface area contributed by atoms with E-state index >= 15 is 0 Å². The number of carbonyl (C=O) groups is 1. The van der Waals surface area contributed by atoms with Crippen LogP contribution in [0.1, 0.15) is 0 Å². The Morgan fingerprint density at radius 1 is 1.57 bits per heavy atom. The van der Waals surface area contributed by atoms with Gasteiger partial charge < -0.3 is 5.73 Å². The molecule has 0 unspecified atom stereocenters. The molecule has 0 aromatic carbocycles. The maximum Gasteiger partial charge on any atom is 0.414 e. The third kappa shape index (κ3) is 5.75. The standard InChI is InChI=1S/C4H5N3.C2HF3O2/c5-4-1-2-6-3-7-4;3-1(4)2(6)7-5/h1-3H,(H2,5,6,7);1H. The fraction of sp³-hybridized carbons (Fsp3) is 0.167. The Balaban J connectivity index is 0.000000241. The number of halogens is 3. The first kappa shape index (κ1) is 12.1. The first-order valence-electron chi connectivity index (χ1n) is 3.20. The summed E-state index contributed by atoms with van der Waals surface area (Å²) < 4.78 is 31.7. The molecule has 1 heterocycles. The minimum Gasteiger partial charge on any atom is -0.384 e. The zero-order chi connectivity index (χ0) is 11.0. The predicted molar refractivity (Wildman–Crippen MR) is 39.6 cm³/mol. The molecular formula is C6H6F3N3O2. The first-order chi connectivity index (χ1) is 6.57. The lowest BCUT2D eigenvalue weighted by Gasteiger charge is -1.85. The molecule has 1 rings (SSSR count). The highest BCUT2D eigenvalue weighted by Gasteiger charge is 2.16. The van der Waals surface area contributed by atoms with Gasteiger partial charge in [-0.25, -0.2) is 19.7 Å². The zero-order valence-electron chi connectivity index (χ0n) is 6.73. The molecule has 0 bridgehead atoms. The molecule has 0 radical (unpaired) electrons. The van der Waals surface area contributed by atoms with Crippen molar-refractivity contribution in [2.75, 3.05) is 5.73 Å². The lowest BCUT2D eigenvalue weighted by Crippen LogP contribution is -2.08. The molecule has 2 N–H and O–H groups in total. The summed E-state index contributed by atoms with van der Waals surface area (Å²) in [7, 11) is 0. The minimum absolute atomic E-state index is 0.509. The second-order valence-corrected chi connectivity index (χ2v) is 1.83. The maximum atomic E-state index is 10.7. The van der Waals surface area contributed by atoms with Crippen molar-refractivity contribution in [1.82, 2.24) is 9.97 Å². The first-order valence-corrected chi connectivity index (χ1v) is 3.20. The van der Waals surface area contributed by atoms with E-state index in [2.05, 4.69) is 14.9 Å². The number of hydrogen-bond acceptors (Lipinski definition) is 5. The van der Waals surface area contributed by atoms with Gasteiger partial charge in [0, 0.05) is 10.7 Å². The topological polar surface area (TPSA) is 78.1 Å². The summed E-state index contributed by atoms with van der Waals surface area (Å²) in [6.07, 6.45) is -0.359. The van der Waals surface area contributed by atoms with Gasteiger partial charge in [0.1, 0.15) is 12.1 Å². The summed E-state index contributed by atoms with van der Waals surface area (Å²) in [6, 6.07) is 1.64.